The fourth-order valence-electron chi connectivity index (χ4n) is 2.98. The van der Waals surface area contributed by atoms with Crippen LogP contribution in [0.5, 0.6) is 0 Å². The van der Waals surface area contributed by atoms with Crippen molar-refractivity contribution in [3.8, 4) is 0 Å². The third-order valence-corrected chi connectivity index (χ3v) is 4.55. The second kappa shape index (κ2) is 7.06. The Morgan fingerprint density at radius 2 is 1.93 bits per heavy atom. The summed E-state index contributed by atoms with van der Waals surface area (Å²) in [5, 5.41) is 3.95. The van der Waals surface area contributed by atoms with Crippen molar-refractivity contribution in [2.45, 2.75) is 18.5 Å². The number of halogens is 3. The summed E-state index contributed by atoms with van der Waals surface area (Å²) in [6.45, 7) is 0.767. The molecule has 3 heterocycles. The zero-order valence-electron chi connectivity index (χ0n) is 14.6. The Morgan fingerprint density at radius 1 is 1.18 bits per heavy atom. The van der Waals surface area contributed by atoms with Gasteiger partial charge in [0.05, 0.1) is 11.5 Å². The van der Waals surface area contributed by atoms with E-state index in [1.165, 1.54) is 17.0 Å². The van der Waals surface area contributed by atoms with E-state index in [4.69, 9.17) is 4.52 Å². The van der Waals surface area contributed by atoms with E-state index in [1.54, 1.807) is 12.4 Å². The van der Waals surface area contributed by atoms with E-state index in [0.29, 0.717) is 31.2 Å². The van der Waals surface area contributed by atoms with Crippen molar-refractivity contribution in [3.63, 3.8) is 0 Å². The number of hydrogen-bond donors (Lipinski definition) is 0. The Kier molecular flexibility index (Phi) is 4.58. The molecular formula is C19H15F3N4O2. The van der Waals surface area contributed by atoms with Crippen molar-refractivity contribution in [2.24, 2.45) is 0 Å². The maximum Gasteiger partial charge on any atom is 0.416 e. The highest BCUT2D eigenvalue weighted by Crippen LogP contribution is 2.31. The molecule has 144 valence electrons. The normalized spacial score (nSPS) is 14.8. The van der Waals surface area contributed by atoms with E-state index in [-0.39, 0.29) is 17.4 Å². The molecule has 4 rings (SSSR count). The maximum absolute atomic E-state index is 12.6. The van der Waals surface area contributed by atoms with Gasteiger partial charge in [0, 0.05) is 37.5 Å². The third-order valence-electron chi connectivity index (χ3n) is 4.55. The molecule has 1 saturated heterocycles. The van der Waals surface area contributed by atoms with Gasteiger partial charge in [0.15, 0.2) is 5.82 Å². The van der Waals surface area contributed by atoms with Crippen molar-refractivity contribution in [1.29, 1.82) is 0 Å². The van der Waals surface area contributed by atoms with Crippen LogP contribution in [-0.2, 0) is 12.6 Å². The van der Waals surface area contributed by atoms with Gasteiger partial charge >= 0.3 is 6.18 Å². The van der Waals surface area contributed by atoms with Crippen LogP contribution >= 0.6 is 0 Å². The molecule has 1 fully saturated rings. The number of benzene rings is 1. The van der Waals surface area contributed by atoms with Crippen LogP contribution in [0.15, 0.2) is 53.3 Å². The number of rotatable bonds is 4. The zero-order chi connectivity index (χ0) is 19.7. The summed E-state index contributed by atoms with van der Waals surface area (Å²) in [5.74, 6) is 0.597. The number of carbonyl (C=O) groups excluding carboxylic acids is 1. The van der Waals surface area contributed by atoms with E-state index < -0.39 is 11.7 Å². The molecule has 0 atom stereocenters. The van der Waals surface area contributed by atoms with Gasteiger partial charge in [-0.05, 0) is 35.9 Å². The molecule has 28 heavy (non-hydrogen) atoms. The number of pyridine rings is 1. The fourth-order valence-corrected chi connectivity index (χ4v) is 2.98. The molecule has 0 N–H and O–H groups in total. The first-order valence-corrected chi connectivity index (χ1v) is 8.58. The molecule has 0 unspecified atom stereocenters. The van der Waals surface area contributed by atoms with Gasteiger partial charge in [0.25, 0.3) is 5.91 Å². The first kappa shape index (κ1) is 18.1. The van der Waals surface area contributed by atoms with Crippen molar-refractivity contribution in [2.75, 3.05) is 13.1 Å². The molecule has 9 heteroatoms. The van der Waals surface area contributed by atoms with Crippen molar-refractivity contribution in [3.05, 3.63) is 77.2 Å². The Bertz CT molecular complexity index is 965. The lowest BCUT2D eigenvalue weighted by molar-refractivity contribution is -0.137. The molecule has 0 saturated carbocycles. The minimum Gasteiger partial charge on any atom is -0.339 e. The van der Waals surface area contributed by atoms with Gasteiger partial charge in [-0.25, -0.2) is 0 Å². The van der Waals surface area contributed by atoms with Gasteiger partial charge in [-0.15, -0.1) is 0 Å². The number of likely N-dealkylation sites (tertiary alicyclic amines) is 1. The number of hydrogen-bond acceptors (Lipinski definition) is 5. The lowest BCUT2D eigenvalue weighted by atomic mass is 9.98. The van der Waals surface area contributed by atoms with Crippen molar-refractivity contribution in [1.82, 2.24) is 20.0 Å². The van der Waals surface area contributed by atoms with Gasteiger partial charge in [0.2, 0.25) is 5.89 Å². The van der Waals surface area contributed by atoms with Crippen LogP contribution in [0.2, 0.25) is 0 Å². The van der Waals surface area contributed by atoms with Crippen LogP contribution in [0.25, 0.3) is 0 Å². The summed E-state index contributed by atoms with van der Waals surface area (Å²) in [7, 11) is 0. The van der Waals surface area contributed by atoms with Crippen LogP contribution in [0.1, 0.15) is 39.1 Å². The monoisotopic (exact) mass is 388 g/mol. The molecule has 1 aliphatic heterocycles. The molecular weight excluding hydrogens is 373 g/mol. The molecule has 0 bridgehead atoms. The Balaban J connectivity index is 1.35. The van der Waals surface area contributed by atoms with Gasteiger partial charge in [0.1, 0.15) is 0 Å². The summed E-state index contributed by atoms with van der Waals surface area (Å²) in [4.78, 5) is 22.3. The highest BCUT2D eigenvalue weighted by Gasteiger charge is 2.36. The van der Waals surface area contributed by atoms with Gasteiger partial charge in [-0.3, -0.25) is 9.78 Å². The molecule has 0 aliphatic carbocycles. The van der Waals surface area contributed by atoms with E-state index in [1.807, 2.05) is 12.1 Å². The highest BCUT2D eigenvalue weighted by atomic mass is 19.4. The number of carbonyl (C=O) groups is 1. The smallest absolute Gasteiger partial charge is 0.339 e. The van der Waals surface area contributed by atoms with Crippen LogP contribution < -0.4 is 0 Å². The third kappa shape index (κ3) is 3.73. The first-order chi connectivity index (χ1) is 13.4. The minimum absolute atomic E-state index is 0.0754. The molecule has 2 aromatic heterocycles. The van der Waals surface area contributed by atoms with Crippen LogP contribution in [0, 0.1) is 0 Å². The van der Waals surface area contributed by atoms with Crippen LogP contribution in [0.3, 0.4) is 0 Å². The summed E-state index contributed by atoms with van der Waals surface area (Å²) in [6.07, 6.45) is -0.515. The summed E-state index contributed by atoms with van der Waals surface area (Å²) < 4.78 is 43.1. The van der Waals surface area contributed by atoms with Gasteiger partial charge in [-0.1, -0.05) is 11.2 Å². The van der Waals surface area contributed by atoms with Crippen LogP contribution in [0.4, 0.5) is 13.2 Å². The fraction of sp³-hybridized carbons (Fsp3) is 0.263. The quantitative estimate of drug-likeness (QED) is 0.686. The highest BCUT2D eigenvalue weighted by molar-refractivity contribution is 5.94. The number of amides is 1. The Morgan fingerprint density at radius 3 is 2.57 bits per heavy atom. The SMILES string of the molecule is O=C(c1ccc(C(F)(F)F)cc1)N1CC(c2nc(Cc3cccnc3)no2)C1. The second-order valence-electron chi connectivity index (χ2n) is 6.57. The molecule has 3 aromatic rings. The molecule has 0 radical (unpaired) electrons. The molecule has 1 amide bonds. The summed E-state index contributed by atoms with van der Waals surface area (Å²) >= 11 is 0. The topological polar surface area (TPSA) is 72.1 Å². The van der Waals surface area contributed by atoms with E-state index in [2.05, 4.69) is 15.1 Å². The predicted octanol–water partition coefficient (Wildman–Crippen LogP) is 3.31. The van der Waals surface area contributed by atoms with Gasteiger partial charge in [-0.2, -0.15) is 18.2 Å². The lowest BCUT2D eigenvalue weighted by Gasteiger charge is -2.37. The first-order valence-electron chi connectivity index (χ1n) is 8.58. The summed E-state index contributed by atoms with van der Waals surface area (Å²) in [6, 6.07) is 7.94. The second-order valence-corrected chi connectivity index (χ2v) is 6.57. The van der Waals surface area contributed by atoms with Crippen molar-refractivity contribution >= 4 is 5.91 Å². The average Bonchev–Trinajstić information content (AvgIpc) is 3.08. The maximum atomic E-state index is 12.6. The molecule has 0 spiro atoms. The largest absolute Gasteiger partial charge is 0.416 e. The zero-order valence-corrected chi connectivity index (χ0v) is 14.6. The van der Waals surface area contributed by atoms with E-state index in [0.717, 1.165) is 17.7 Å². The molecule has 6 nitrogen and oxygen atoms in total. The van der Waals surface area contributed by atoms with E-state index >= 15 is 0 Å². The van der Waals surface area contributed by atoms with Crippen LogP contribution in [-0.4, -0.2) is 39.0 Å². The lowest BCUT2D eigenvalue weighted by Crippen LogP contribution is -2.48. The minimum atomic E-state index is -4.42. The predicted molar refractivity (Wildman–Crippen MR) is 91.4 cm³/mol. The number of nitrogens with zero attached hydrogens (tertiary/aromatic N) is 4. The Hall–Kier alpha value is -3.23. The van der Waals surface area contributed by atoms with E-state index in [9.17, 15) is 18.0 Å². The van der Waals surface area contributed by atoms with Crippen molar-refractivity contribution < 1.29 is 22.5 Å². The average molecular weight is 388 g/mol. The summed E-state index contributed by atoms with van der Waals surface area (Å²) in [5.41, 5.74) is 0.398. The Labute approximate surface area is 158 Å². The van der Waals surface area contributed by atoms with Gasteiger partial charge < -0.3 is 9.42 Å². The standard InChI is InChI=1S/C19H15F3N4O2/c20-19(21,22)15-5-3-13(4-6-15)18(27)26-10-14(11-26)17-24-16(25-28-17)8-12-2-1-7-23-9-12/h1-7,9,14H,8,10-11H2. The molecule has 1 aromatic carbocycles. The molecule has 1 aliphatic rings. The number of aromatic nitrogens is 3. The number of alkyl halides is 3.